The van der Waals surface area contributed by atoms with Crippen molar-refractivity contribution in [2.24, 2.45) is 7.05 Å². The lowest BCUT2D eigenvalue weighted by Gasteiger charge is -2.12. The lowest BCUT2D eigenvalue weighted by atomic mass is 10.1. The Hall–Kier alpha value is -4.28. The predicted molar refractivity (Wildman–Crippen MR) is 126 cm³/mol. The summed E-state index contributed by atoms with van der Waals surface area (Å²) in [4.78, 5) is 41.8. The molecule has 0 saturated heterocycles. The fraction of sp³-hybridized carbons (Fsp3) is 0.333. The van der Waals surface area contributed by atoms with Crippen molar-refractivity contribution >= 4 is 5.91 Å². The molecule has 1 atom stereocenters. The first-order chi connectivity index (χ1) is 16.8. The Kier molecular flexibility index (Phi) is 7.04. The molecule has 0 fully saturated rings. The second kappa shape index (κ2) is 10.3. The molecular weight excluding hydrogens is 452 g/mol. The van der Waals surface area contributed by atoms with Crippen molar-refractivity contribution in [3.8, 4) is 17.2 Å². The van der Waals surface area contributed by atoms with Crippen LogP contribution in [-0.4, -0.2) is 36.4 Å². The van der Waals surface area contributed by atoms with E-state index in [1.807, 2.05) is 38.1 Å². The first kappa shape index (κ1) is 23.9. The predicted octanol–water partition coefficient (Wildman–Crippen LogP) is 1.95. The molecule has 0 saturated carbocycles. The highest BCUT2D eigenvalue weighted by molar-refractivity contribution is 5.76. The van der Waals surface area contributed by atoms with Crippen LogP contribution in [0.2, 0.25) is 0 Å². The van der Waals surface area contributed by atoms with Crippen molar-refractivity contribution in [3.63, 3.8) is 0 Å². The molecule has 3 heterocycles. The van der Waals surface area contributed by atoms with Gasteiger partial charge in [-0.05, 0) is 44.5 Å². The van der Waals surface area contributed by atoms with Crippen LogP contribution in [-0.2, 0) is 24.7 Å². The number of nitrogens with zero attached hydrogens (tertiary/aromatic N) is 5. The summed E-state index contributed by atoms with van der Waals surface area (Å²) in [5.74, 6) is 0.862. The Labute approximate surface area is 200 Å². The maximum Gasteiger partial charge on any atom is 0.351 e. The van der Waals surface area contributed by atoms with Gasteiger partial charge in [-0.1, -0.05) is 22.9 Å². The van der Waals surface area contributed by atoms with Crippen LogP contribution in [0.15, 0.2) is 61.2 Å². The third-order valence-electron chi connectivity index (χ3n) is 5.51. The van der Waals surface area contributed by atoms with Gasteiger partial charge in [0.1, 0.15) is 5.76 Å². The molecule has 35 heavy (non-hydrogen) atoms. The third kappa shape index (κ3) is 5.62. The molecule has 1 N–H and O–H groups in total. The highest BCUT2D eigenvalue weighted by atomic mass is 16.5. The van der Waals surface area contributed by atoms with E-state index >= 15 is 0 Å². The first-order valence-corrected chi connectivity index (χ1v) is 11.2. The average Bonchev–Trinajstić information content (AvgIpc) is 3.53. The van der Waals surface area contributed by atoms with E-state index in [1.165, 1.54) is 7.05 Å². The average molecular weight is 479 g/mol. The maximum atomic E-state index is 12.7. The zero-order chi connectivity index (χ0) is 24.9. The van der Waals surface area contributed by atoms with E-state index in [9.17, 15) is 14.4 Å². The molecule has 0 spiro atoms. The van der Waals surface area contributed by atoms with Gasteiger partial charge in [0.2, 0.25) is 17.6 Å². The number of aryl methyl sites for hydroxylation is 3. The maximum absolute atomic E-state index is 12.7. The molecule has 182 valence electrons. The van der Waals surface area contributed by atoms with Gasteiger partial charge in [0.25, 0.3) is 5.56 Å². The molecule has 4 rings (SSSR count). The minimum absolute atomic E-state index is 0.0270. The van der Waals surface area contributed by atoms with Gasteiger partial charge in [0.15, 0.2) is 5.69 Å². The monoisotopic (exact) mass is 478 g/mol. The Morgan fingerprint density at radius 3 is 2.63 bits per heavy atom. The fourth-order valence-electron chi connectivity index (χ4n) is 3.47. The van der Waals surface area contributed by atoms with Gasteiger partial charge in [0, 0.05) is 32.4 Å². The Morgan fingerprint density at radius 2 is 1.91 bits per heavy atom. The zero-order valence-corrected chi connectivity index (χ0v) is 19.7. The lowest BCUT2D eigenvalue weighted by Crippen LogP contribution is -2.40. The van der Waals surface area contributed by atoms with Crippen molar-refractivity contribution in [2.45, 2.75) is 45.6 Å². The molecule has 0 bridgehead atoms. The van der Waals surface area contributed by atoms with Gasteiger partial charge in [-0.3, -0.25) is 14.2 Å². The number of aromatic nitrogens is 5. The van der Waals surface area contributed by atoms with Crippen molar-refractivity contribution in [1.29, 1.82) is 0 Å². The zero-order valence-electron chi connectivity index (χ0n) is 19.7. The normalized spacial score (nSPS) is 12.0. The second-order valence-corrected chi connectivity index (χ2v) is 8.34. The van der Waals surface area contributed by atoms with Gasteiger partial charge in [-0.2, -0.15) is 14.8 Å². The van der Waals surface area contributed by atoms with E-state index in [0.29, 0.717) is 5.69 Å². The van der Waals surface area contributed by atoms with E-state index in [1.54, 1.807) is 18.4 Å². The lowest BCUT2D eigenvalue weighted by molar-refractivity contribution is -0.121. The molecule has 1 aromatic carbocycles. The van der Waals surface area contributed by atoms with E-state index in [-0.39, 0.29) is 42.2 Å². The summed E-state index contributed by atoms with van der Waals surface area (Å²) >= 11 is 0. The minimum Gasteiger partial charge on any atom is -0.469 e. The topological polar surface area (TPSA) is 138 Å². The molecular formula is C24H26N6O5. The van der Waals surface area contributed by atoms with Crippen LogP contribution >= 0.6 is 0 Å². The number of amides is 1. The Bertz CT molecular complexity index is 1420. The van der Waals surface area contributed by atoms with Crippen molar-refractivity contribution in [2.75, 3.05) is 0 Å². The van der Waals surface area contributed by atoms with Gasteiger partial charge in [-0.15, -0.1) is 0 Å². The summed E-state index contributed by atoms with van der Waals surface area (Å²) in [7, 11) is 1.36. The summed E-state index contributed by atoms with van der Waals surface area (Å²) in [5, 5.41) is 11.0. The number of furan rings is 1. The number of nitrogens with one attached hydrogen (secondary N) is 1. The molecule has 0 unspecified atom stereocenters. The molecule has 11 nitrogen and oxygen atoms in total. The number of hydrogen-bond acceptors (Lipinski definition) is 8. The summed E-state index contributed by atoms with van der Waals surface area (Å²) in [6, 6.07) is 10.8. The number of benzene rings is 1. The highest BCUT2D eigenvalue weighted by Gasteiger charge is 2.19. The molecule has 0 aliphatic carbocycles. The summed E-state index contributed by atoms with van der Waals surface area (Å²) in [6.07, 6.45) is 3.44. The van der Waals surface area contributed by atoms with Crippen LogP contribution in [0.1, 0.15) is 37.0 Å². The minimum atomic E-state index is -0.645. The quantitative estimate of drug-likeness (QED) is 0.385. The Morgan fingerprint density at radius 1 is 1.14 bits per heavy atom. The molecule has 0 aliphatic heterocycles. The standard InChI is InChI=1S/C24H26N6O5/c1-15-6-9-17(10-7-15)30-24(33)29(3)23(32)21(27-30)22-26-20(35-28-22)13-12-19(31)25-16(2)8-11-18-5-4-14-34-18/h4-7,9-10,14,16H,8,11-13H2,1-3H3,(H,25,31)/t16-/m0/s1. The molecule has 0 radical (unpaired) electrons. The van der Waals surface area contributed by atoms with Crippen LogP contribution in [0.3, 0.4) is 0 Å². The number of carbonyl (C=O) groups is 1. The van der Waals surface area contributed by atoms with Crippen LogP contribution in [0.5, 0.6) is 0 Å². The van der Waals surface area contributed by atoms with E-state index in [0.717, 1.165) is 33.4 Å². The van der Waals surface area contributed by atoms with Crippen molar-refractivity contribution < 1.29 is 13.7 Å². The largest absolute Gasteiger partial charge is 0.469 e. The van der Waals surface area contributed by atoms with Crippen molar-refractivity contribution in [3.05, 3.63) is 80.7 Å². The van der Waals surface area contributed by atoms with Crippen LogP contribution < -0.4 is 16.6 Å². The molecule has 11 heteroatoms. The second-order valence-electron chi connectivity index (χ2n) is 8.34. The SMILES string of the molecule is Cc1ccc(-n2nc(-c3noc(CCC(=O)N[C@@H](C)CCc4ccco4)n3)c(=O)n(C)c2=O)cc1. The van der Waals surface area contributed by atoms with E-state index in [2.05, 4.69) is 20.6 Å². The molecule has 1 amide bonds. The molecule has 0 aliphatic rings. The van der Waals surface area contributed by atoms with Gasteiger partial charge in [-0.25, -0.2) is 4.79 Å². The molecule has 4 aromatic rings. The number of carbonyl (C=O) groups excluding carboxylic acids is 1. The highest BCUT2D eigenvalue weighted by Crippen LogP contribution is 2.12. The smallest absolute Gasteiger partial charge is 0.351 e. The fourth-order valence-corrected chi connectivity index (χ4v) is 3.47. The van der Waals surface area contributed by atoms with Gasteiger partial charge in [0.05, 0.1) is 12.0 Å². The number of rotatable bonds is 9. The van der Waals surface area contributed by atoms with E-state index < -0.39 is 11.2 Å². The van der Waals surface area contributed by atoms with E-state index in [4.69, 9.17) is 8.94 Å². The Balaban J connectivity index is 1.42. The number of hydrogen-bond donors (Lipinski definition) is 1. The van der Waals surface area contributed by atoms with Crippen molar-refractivity contribution in [1.82, 2.24) is 29.8 Å². The molecule has 3 aromatic heterocycles. The van der Waals surface area contributed by atoms with Crippen LogP contribution in [0.25, 0.3) is 17.2 Å². The summed E-state index contributed by atoms with van der Waals surface area (Å²) in [5.41, 5.74) is 0.154. The van der Waals surface area contributed by atoms with Gasteiger partial charge >= 0.3 is 5.69 Å². The van der Waals surface area contributed by atoms with Gasteiger partial charge < -0.3 is 14.3 Å². The summed E-state index contributed by atoms with van der Waals surface area (Å²) in [6.45, 7) is 3.85. The summed E-state index contributed by atoms with van der Waals surface area (Å²) < 4.78 is 12.6. The third-order valence-corrected chi connectivity index (χ3v) is 5.51. The first-order valence-electron chi connectivity index (χ1n) is 11.2. The van der Waals surface area contributed by atoms with Crippen LogP contribution in [0.4, 0.5) is 0 Å². The van der Waals surface area contributed by atoms with Crippen LogP contribution in [0, 0.1) is 6.92 Å².